The van der Waals surface area contributed by atoms with E-state index in [-0.39, 0.29) is 45.9 Å². The van der Waals surface area contributed by atoms with Crippen molar-refractivity contribution in [3.8, 4) is 5.75 Å². The molecule has 0 fully saturated rings. The molecule has 0 heterocycles. The smallest absolute Gasteiger partial charge is 0.744 e. The van der Waals surface area contributed by atoms with Gasteiger partial charge in [0.15, 0.2) is 0 Å². The largest absolute Gasteiger partial charge is 1.00 e. The third-order valence-corrected chi connectivity index (χ3v) is 7.33. The number of aryl methyl sites for hydroxylation is 1. The minimum absolute atomic E-state index is 0. The number of nitro groups is 1. The van der Waals surface area contributed by atoms with Gasteiger partial charge < -0.3 is 14.1 Å². The number of hydrogen-bond donors (Lipinski definition) is 1. The van der Waals surface area contributed by atoms with Crippen molar-refractivity contribution in [2.75, 3.05) is 5.32 Å². The Hall–Kier alpha value is -3.66. The molecule has 0 amide bonds. The predicted molar refractivity (Wildman–Crippen MR) is 140 cm³/mol. The number of rotatable bonds is 9. The molecule has 0 atom stereocenters. The second-order valence-electron chi connectivity index (χ2n) is 8.11. The second kappa shape index (κ2) is 12.7. The fraction of sp³-hybridized carbons (Fsp3) is 0.0400. The van der Waals surface area contributed by atoms with E-state index in [1.807, 2.05) is 6.92 Å². The quantitative estimate of drug-likeness (QED) is 0.0765. The molecule has 40 heavy (non-hydrogen) atoms. The maximum absolute atomic E-state index is 12.4. The fourth-order valence-corrected chi connectivity index (χ4v) is 4.67. The number of nitrogens with one attached hydrogen (secondary N) is 1. The van der Waals surface area contributed by atoms with Gasteiger partial charge in [0.25, 0.3) is 5.69 Å². The number of nitro benzene ring substituents is 1. The molecule has 4 aromatic carbocycles. The topological polar surface area (TPSA) is 180 Å². The van der Waals surface area contributed by atoms with Crippen LogP contribution in [0.3, 0.4) is 0 Å². The van der Waals surface area contributed by atoms with Crippen LogP contribution in [0.25, 0.3) is 0 Å². The Labute approximate surface area is 252 Å². The summed E-state index contributed by atoms with van der Waals surface area (Å²) in [5.74, 6) is 0.111. The third-order valence-electron chi connectivity index (χ3n) is 5.23. The summed E-state index contributed by atoms with van der Waals surface area (Å²) < 4.78 is 63.5. The van der Waals surface area contributed by atoms with Gasteiger partial charge in [-0.1, -0.05) is 17.7 Å². The van der Waals surface area contributed by atoms with Crippen LogP contribution in [-0.4, -0.2) is 26.3 Å². The van der Waals surface area contributed by atoms with Gasteiger partial charge in [0.2, 0.25) is 0 Å². The second-order valence-corrected chi connectivity index (χ2v) is 11.0. The van der Waals surface area contributed by atoms with Crippen LogP contribution in [0.1, 0.15) is 5.56 Å². The SMILES string of the molecule is Cc1ccc(S(=O)(=O)Oc2ccc(N=Nc3ccc(Nc4ccc(S(=O)(=O)[O-])cc4[N+](=O)[O-])cc3)cc2)cc1.[Na+]. The molecule has 12 nitrogen and oxygen atoms in total. The Kier molecular flexibility index (Phi) is 9.78. The molecule has 0 aliphatic rings. The summed E-state index contributed by atoms with van der Waals surface area (Å²) >= 11 is 0. The van der Waals surface area contributed by atoms with E-state index >= 15 is 0 Å². The molecular formula is C25H19N4NaO8S2. The van der Waals surface area contributed by atoms with Gasteiger partial charge in [-0.25, -0.2) is 8.42 Å². The molecule has 0 aliphatic carbocycles. The van der Waals surface area contributed by atoms with Crippen LogP contribution >= 0.6 is 0 Å². The zero-order valence-corrected chi connectivity index (χ0v) is 24.7. The first-order chi connectivity index (χ1) is 18.4. The van der Waals surface area contributed by atoms with E-state index in [1.54, 1.807) is 36.4 Å². The van der Waals surface area contributed by atoms with E-state index in [2.05, 4.69) is 15.5 Å². The van der Waals surface area contributed by atoms with E-state index in [1.165, 1.54) is 36.4 Å². The van der Waals surface area contributed by atoms with Gasteiger partial charge >= 0.3 is 39.7 Å². The maximum atomic E-state index is 12.4. The van der Waals surface area contributed by atoms with Gasteiger partial charge in [-0.15, -0.1) is 0 Å². The van der Waals surface area contributed by atoms with Gasteiger partial charge in [0, 0.05) is 11.8 Å². The maximum Gasteiger partial charge on any atom is 1.00 e. The van der Waals surface area contributed by atoms with Crippen LogP contribution in [0, 0.1) is 17.0 Å². The van der Waals surface area contributed by atoms with E-state index in [0.29, 0.717) is 23.1 Å². The summed E-state index contributed by atoms with van der Waals surface area (Å²) in [5.41, 5.74) is 1.66. The fourth-order valence-electron chi connectivity index (χ4n) is 3.25. The molecule has 200 valence electrons. The number of hydrogen-bond acceptors (Lipinski definition) is 11. The van der Waals surface area contributed by atoms with Crippen LogP contribution in [-0.2, 0) is 20.2 Å². The number of nitrogens with zero attached hydrogens (tertiary/aromatic N) is 3. The summed E-state index contributed by atoms with van der Waals surface area (Å²) in [6.45, 7) is 1.85. The van der Waals surface area contributed by atoms with Crippen LogP contribution in [0.4, 0.5) is 28.4 Å². The summed E-state index contributed by atoms with van der Waals surface area (Å²) in [6, 6.07) is 21.4. The van der Waals surface area contributed by atoms with E-state index in [0.717, 1.165) is 17.7 Å². The summed E-state index contributed by atoms with van der Waals surface area (Å²) in [5, 5.41) is 22.3. The molecule has 0 bridgehead atoms. The van der Waals surface area contributed by atoms with Crippen molar-refractivity contribution in [1.82, 2.24) is 0 Å². The van der Waals surface area contributed by atoms with E-state index < -0.39 is 35.7 Å². The monoisotopic (exact) mass is 590 g/mol. The van der Waals surface area contributed by atoms with E-state index in [9.17, 15) is 31.5 Å². The van der Waals surface area contributed by atoms with Crippen molar-refractivity contribution in [1.29, 1.82) is 0 Å². The molecule has 15 heteroatoms. The summed E-state index contributed by atoms with van der Waals surface area (Å²) in [7, 11) is -8.82. The molecule has 0 saturated carbocycles. The minimum atomic E-state index is -4.85. The van der Waals surface area contributed by atoms with Crippen LogP contribution in [0.5, 0.6) is 5.75 Å². The first-order valence-electron chi connectivity index (χ1n) is 11.1. The van der Waals surface area contributed by atoms with Crippen molar-refractivity contribution < 1.29 is 60.1 Å². The van der Waals surface area contributed by atoms with Crippen molar-refractivity contribution >= 4 is 48.7 Å². The Morgan fingerprint density at radius 2 is 1.30 bits per heavy atom. The summed E-state index contributed by atoms with van der Waals surface area (Å²) in [6.07, 6.45) is 0. The van der Waals surface area contributed by atoms with Crippen LogP contribution in [0.2, 0.25) is 0 Å². The average molecular weight is 591 g/mol. The van der Waals surface area contributed by atoms with Crippen molar-refractivity contribution in [2.24, 2.45) is 10.2 Å². The van der Waals surface area contributed by atoms with Crippen molar-refractivity contribution in [3.63, 3.8) is 0 Å². The van der Waals surface area contributed by atoms with Crippen LogP contribution in [0.15, 0.2) is 111 Å². The van der Waals surface area contributed by atoms with Gasteiger partial charge in [0.1, 0.15) is 26.5 Å². The first-order valence-corrected chi connectivity index (χ1v) is 13.9. The normalized spacial score (nSPS) is 11.6. The Balaban J connectivity index is 0.00000441. The molecule has 0 aromatic heterocycles. The molecule has 1 N–H and O–H groups in total. The van der Waals surface area contributed by atoms with Crippen molar-refractivity contribution in [3.05, 3.63) is 107 Å². The molecule has 0 unspecified atom stereocenters. The molecule has 4 aromatic rings. The number of azo groups is 1. The van der Waals surface area contributed by atoms with Crippen molar-refractivity contribution in [2.45, 2.75) is 16.7 Å². The Morgan fingerprint density at radius 3 is 1.82 bits per heavy atom. The van der Waals surface area contributed by atoms with Gasteiger partial charge in [0.05, 0.1) is 21.2 Å². The molecule has 0 aliphatic heterocycles. The molecular weight excluding hydrogens is 571 g/mol. The van der Waals surface area contributed by atoms with E-state index in [4.69, 9.17) is 4.18 Å². The average Bonchev–Trinajstić information content (AvgIpc) is 2.88. The molecule has 0 radical (unpaired) electrons. The minimum Gasteiger partial charge on any atom is -0.744 e. The first kappa shape index (κ1) is 30.9. The zero-order valence-electron chi connectivity index (χ0n) is 21.1. The Morgan fingerprint density at radius 1 is 0.775 bits per heavy atom. The summed E-state index contributed by atoms with van der Waals surface area (Å²) in [4.78, 5) is 9.87. The standard InChI is InChI=1S/C25H20N4O8S2.Na/c1-17-2-12-22(13-3-17)39(35,36)37-21-10-8-20(9-11-21)28-27-19-6-4-18(5-7-19)26-24-15-14-23(38(32,33)34)16-25(24)29(30)31;/h2-16,26H,1H3,(H,32,33,34);/q;+1/p-1. The predicted octanol–water partition coefficient (Wildman–Crippen LogP) is 2.74. The number of anilines is 2. The van der Waals surface area contributed by atoms with Crippen LogP contribution < -0.4 is 39.1 Å². The molecule has 4 rings (SSSR count). The number of benzene rings is 4. The Bertz CT molecular complexity index is 1760. The van der Waals surface area contributed by atoms with Gasteiger partial charge in [-0.3, -0.25) is 10.1 Å². The molecule has 0 saturated heterocycles. The van der Waals surface area contributed by atoms with Gasteiger partial charge in [-0.05, 0) is 79.7 Å². The molecule has 0 spiro atoms. The van der Waals surface area contributed by atoms with Gasteiger partial charge in [-0.2, -0.15) is 18.6 Å². The zero-order chi connectivity index (χ0) is 28.2. The third kappa shape index (κ3) is 7.94.